The minimum atomic E-state index is -1.13. The maximum Gasteiger partial charge on any atom is 0.358 e. The fourth-order valence-electron chi connectivity index (χ4n) is 3.39. The lowest BCUT2D eigenvalue weighted by atomic mass is 9.64. The molecule has 7 heteroatoms. The van der Waals surface area contributed by atoms with Crippen LogP contribution in [-0.2, 0) is 4.79 Å². The number of aromatic nitrogens is 3. The van der Waals surface area contributed by atoms with Crippen molar-refractivity contribution in [3.05, 3.63) is 36.2 Å². The van der Waals surface area contributed by atoms with E-state index in [1.165, 1.54) is 10.9 Å². The molecule has 0 bridgehead atoms. The number of amides is 1. The highest BCUT2D eigenvalue weighted by atomic mass is 16.4. The Morgan fingerprint density at radius 2 is 2.12 bits per heavy atom. The summed E-state index contributed by atoms with van der Waals surface area (Å²) >= 11 is 0. The average molecular weight is 342 g/mol. The molecule has 0 unspecified atom stereocenters. The summed E-state index contributed by atoms with van der Waals surface area (Å²) in [6.45, 7) is 4.28. The van der Waals surface area contributed by atoms with E-state index < -0.39 is 5.97 Å². The van der Waals surface area contributed by atoms with Crippen LogP contribution in [0.3, 0.4) is 0 Å². The first kappa shape index (κ1) is 17.1. The minimum Gasteiger partial charge on any atom is -0.476 e. The number of hydrogen-bond acceptors (Lipinski definition) is 4. The van der Waals surface area contributed by atoms with Crippen LogP contribution >= 0.6 is 0 Å². The van der Waals surface area contributed by atoms with E-state index in [4.69, 9.17) is 5.11 Å². The molecule has 1 aromatic carbocycles. The molecule has 7 nitrogen and oxygen atoms in total. The first-order chi connectivity index (χ1) is 11.9. The zero-order valence-electron chi connectivity index (χ0n) is 14.4. The molecule has 1 fully saturated rings. The van der Waals surface area contributed by atoms with Crippen molar-refractivity contribution in [3.8, 4) is 5.69 Å². The van der Waals surface area contributed by atoms with Crippen LogP contribution in [0.15, 0.2) is 30.5 Å². The molecule has 1 aromatic heterocycles. The molecule has 1 aliphatic rings. The van der Waals surface area contributed by atoms with Crippen molar-refractivity contribution in [2.24, 2.45) is 11.3 Å². The number of aromatic carboxylic acids is 1. The normalized spacial score (nSPS) is 15.6. The molecule has 1 amide bonds. The lowest BCUT2D eigenvalue weighted by molar-refractivity contribution is -0.131. The molecule has 1 aliphatic carbocycles. The van der Waals surface area contributed by atoms with Crippen molar-refractivity contribution < 1.29 is 14.7 Å². The van der Waals surface area contributed by atoms with Crippen molar-refractivity contribution >= 4 is 17.6 Å². The van der Waals surface area contributed by atoms with E-state index in [9.17, 15) is 9.59 Å². The van der Waals surface area contributed by atoms with Gasteiger partial charge in [-0.15, -0.1) is 5.10 Å². The third kappa shape index (κ3) is 3.55. The Bertz CT molecular complexity index is 793. The Morgan fingerprint density at radius 1 is 1.36 bits per heavy atom. The third-order valence-electron chi connectivity index (χ3n) is 4.67. The molecule has 3 rings (SSSR count). The van der Waals surface area contributed by atoms with Gasteiger partial charge in [-0.05, 0) is 43.4 Å². The van der Waals surface area contributed by atoms with Gasteiger partial charge in [-0.1, -0.05) is 31.5 Å². The van der Waals surface area contributed by atoms with Crippen molar-refractivity contribution in [1.82, 2.24) is 15.0 Å². The average Bonchev–Trinajstić information content (AvgIpc) is 3.01. The van der Waals surface area contributed by atoms with Crippen LogP contribution in [0.25, 0.3) is 5.69 Å². The van der Waals surface area contributed by atoms with E-state index in [0.717, 1.165) is 25.7 Å². The first-order valence-electron chi connectivity index (χ1n) is 8.47. The number of carbonyl (C=O) groups excluding carboxylic acids is 1. The van der Waals surface area contributed by atoms with E-state index >= 15 is 0 Å². The van der Waals surface area contributed by atoms with Gasteiger partial charge in [0.15, 0.2) is 5.69 Å². The fourth-order valence-corrected chi connectivity index (χ4v) is 3.39. The van der Waals surface area contributed by atoms with Gasteiger partial charge in [-0.2, -0.15) is 0 Å². The predicted octanol–water partition coefficient (Wildman–Crippen LogP) is 3.12. The highest BCUT2D eigenvalue weighted by molar-refractivity contribution is 5.96. The molecule has 25 heavy (non-hydrogen) atoms. The fraction of sp³-hybridized carbons (Fsp3) is 0.444. The Morgan fingerprint density at radius 3 is 2.68 bits per heavy atom. The summed E-state index contributed by atoms with van der Waals surface area (Å²) in [5.41, 5.74) is 0.933. The Balaban J connectivity index is 1.77. The molecular formula is C18H22N4O3. The van der Waals surface area contributed by atoms with Crippen LogP contribution < -0.4 is 5.32 Å². The van der Waals surface area contributed by atoms with Crippen molar-refractivity contribution in [1.29, 1.82) is 0 Å². The molecule has 1 saturated carbocycles. The highest BCUT2D eigenvalue weighted by Gasteiger charge is 2.44. The van der Waals surface area contributed by atoms with Gasteiger partial charge in [0.25, 0.3) is 0 Å². The Hall–Kier alpha value is -2.70. The zero-order chi connectivity index (χ0) is 18.0. The molecule has 0 atom stereocenters. The molecule has 0 radical (unpaired) electrons. The third-order valence-corrected chi connectivity index (χ3v) is 4.67. The monoisotopic (exact) mass is 342 g/mol. The van der Waals surface area contributed by atoms with Crippen molar-refractivity contribution in [2.45, 2.75) is 39.5 Å². The van der Waals surface area contributed by atoms with Crippen LogP contribution in [0.5, 0.6) is 0 Å². The van der Waals surface area contributed by atoms with Gasteiger partial charge in [0.05, 0.1) is 11.9 Å². The lowest BCUT2D eigenvalue weighted by Gasteiger charge is -2.41. The topological polar surface area (TPSA) is 97.1 Å². The van der Waals surface area contributed by atoms with Gasteiger partial charge in [0, 0.05) is 11.1 Å². The van der Waals surface area contributed by atoms with Crippen molar-refractivity contribution in [2.75, 3.05) is 5.32 Å². The zero-order valence-corrected chi connectivity index (χ0v) is 14.4. The number of carboxylic acids is 1. The van der Waals surface area contributed by atoms with Gasteiger partial charge in [0.2, 0.25) is 5.91 Å². The van der Waals surface area contributed by atoms with E-state index in [1.54, 1.807) is 18.2 Å². The molecule has 0 spiro atoms. The van der Waals surface area contributed by atoms with Gasteiger partial charge in [-0.3, -0.25) is 4.79 Å². The summed E-state index contributed by atoms with van der Waals surface area (Å²) in [4.78, 5) is 23.7. The van der Waals surface area contributed by atoms with Gasteiger partial charge in [-0.25, -0.2) is 9.48 Å². The number of nitrogens with one attached hydrogen (secondary N) is 1. The van der Waals surface area contributed by atoms with Crippen LogP contribution in [0.1, 0.15) is 50.0 Å². The second-order valence-corrected chi connectivity index (χ2v) is 7.09. The number of carbonyl (C=O) groups is 2. The second-order valence-electron chi connectivity index (χ2n) is 7.09. The summed E-state index contributed by atoms with van der Waals surface area (Å²) in [5, 5.41) is 19.4. The highest BCUT2D eigenvalue weighted by Crippen LogP contribution is 2.46. The molecule has 0 aliphatic heterocycles. The van der Waals surface area contributed by atoms with E-state index in [1.807, 2.05) is 6.07 Å². The van der Waals surface area contributed by atoms with Crippen molar-refractivity contribution in [3.63, 3.8) is 0 Å². The van der Waals surface area contributed by atoms with E-state index in [-0.39, 0.29) is 17.0 Å². The maximum absolute atomic E-state index is 12.8. The Labute approximate surface area is 146 Å². The minimum absolute atomic E-state index is 0.0643. The van der Waals surface area contributed by atoms with Crippen LogP contribution in [0.2, 0.25) is 0 Å². The summed E-state index contributed by atoms with van der Waals surface area (Å²) in [5.74, 6) is -0.590. The molecule has 132 valence electrons. The molecular weight excluding hydrogens is 320 g/mol. The standard InChI is InChI=1S/C18H22N4O3/c1-12(2)10-18(7-4-8-18)17(25)19-13-5-3-6-14(9-13)22-11-15(16(23)24)20-21-22/h3,5-6,9,11-12H,4,7-8,10H2,1-2H3,(H,19,25)(H,23,24). The van der Waals surface area contributed by atoms with Crippen LogP contribution in [-0.4, -0.2) is 32.0 Å². The summed E-state index contributed by atoms with van der Waals surface area (Å²) in [6.07, 6.45) is 5.19. The summed E-state index contributed by atoms with van der Waals surface area (Å²) in [6, 6.07) is 7.16. The quantitative estimate of drug-likeness (QED) is 0.840. The number of rotatable bonds is 6. The number of carboxylic acid groups (broad SMARTS) is 1. The van der Waals surface area contributed by atoms with E-state index in [0.29, 0.717) is 17.3 Å². The van der Waals surface area contributed by atoms with Gasteiger partial charge >= 0.3 is 5.97 Å². The summed E-state index contributed by atoms with van der Waals surface area (Å²) in [7, 11) is 0. The predicted molar refractivity (Wildman–Crippen MR) is 92.7 cm³/mol. The number of nitrogens with zero attached hydrogens (tertiary/aromatic N) is 3. The molecule has 0 saturated heterocycles. The number of anilines is 1. The Kier molecular flexibility index (Phi) is 4.57. The second kappa shape index (κ2) is 6.66. The number of benzene rings is 1. The molecule has 2 N–H and O–H groups in total. The largest absolute Gasteiger partial charge is 0.476 e. The lowest BCUT2D eigenvalue weighted by Crippen LogP contribution is -2.42. The number of hydrogen-bond donors (Lipinski definition) is 2. The van der Waals surface area contributed by atoms with Gasteiger partial charge in [0.1, 0.15) is 0 Å². The smallest absolute Gasteiger partial charge is 0.358 e. The van der Waals surface area contributed by atoms with Crippen LogP contribution in [0.4, 0.5) is 5.69 Å². The SMILES string of the molecule is CC(C)CC1(C(=O)Nc2cccc(-n3cc(C(=O)O)nn3)c2)CCC1. The van der Waals surface area contributed by atoms with Crippen LogP contribution in [0, 0.1) is 11.3 Å². The van der Waals surface area contributed by atoms with E-state index in [2.05, 4.69) is 29.5 Å². The maximum atomic E-state index is 12.8. The first-order valence-corrected chi connectivity index (χ1v) is 8.47. The molecule has 1 heterocycles. The van der Waals surface area contributed by atoms with Gasteiger partial charge < -0.3 is 10.4 Å². The molecule has 2 aromatic rings. The summed E-state index contributed by atoms with van der Waals surface area (Å²) < 4.78 is 1.38.